The molecular formula is C16H23BrN2. The number of piperazine rings is 1. The maximum Gasteiger partial charge on any atom is 0.0429 e. The number of hydrogen-bond acceptors (Lipinski definition) is 2. The molecule has 2 atom stereocenters. The molecule has 0 saturated carbocycles. The van der Waals surface area contributed by atoms with Gasteiger partial charge in [0, 0.05) is 35.3 Å². The van der Waals surface area contributed by atoms with Gasteiger partial charge in [0.1, 0.15) is 0 Å². The molecule has 19 heavy (non-hydrogen) atoms. The summed E-state index contributed by atoms with van der Waals surface area (Å²) in [7, 11) is 0. The first-order valence-electron chi connectivity index (χ1n) is 7.33. The highest BCUT2D eigenvalue weighted by molar-refractivity contribution is 9.10. The minimum atomic E-state index is 0.618. The molecule has 0 aromatic heterocycles. The quantitative estimate of drug-likeness (QED) is 0.777. The summed E-state index contributed by atoms with van der Waals surface area (Å²) in [5, 5.41) is 0. The third-order valence-electron chi connectivity index (χ3n) is 4.68. The molecule has 104 valence electrons. The molecule has 2 aliphatic heterocycles. The van der Waals surface area contributed by atoms with E-state index >= 15 is 0 Å². The molecule has 1 aromatic rings. The van der Waals surface area contributed by atoms with Crippen LogP contribution in [0.15, 0.2) is 16.6 Å². The zero-order valence-corrected chi connectivity index (χ0v) is 13.7. The number of benzene rings is 1. The van der Waals surface area contributed by atoms with Crippen molar-refractivity contribution in [1.29, 1.82) is 0 Å². The van der Waals surface area contributed by atoms with Crippen molar-refractivity contribution in [2.75, 3.05) is 24.5 Å². The van der Waals surface area contributed by atoms with Crippen molar-refractivity contribution in [3.8, 4) is 0 Å². The summed E-state index contributed by atoms with van der Waals surface area (Å²) >= 11 is 3.60. The minimum absolute atomic E-state index is 0.618. The second-order valence-electron chi connectivity index (χ2n) is 6.18. The monoisotopic (exact) mass is 322 g/mol. The number of nitrogens with zero attached hydrogens (tertiary/aromatic N) is 2. The van der Waals surface area contributed by atoms with Gasteiger partial charge in [-0.2, -0.15) is 0 Å². The molecular weight excluding hydrogens is 300 g/mol. The largest absolute Gasteiger partial charge is 0.366 e. The summed E-state index contributed by atoms with van der Waals surface area (Å²) in [6.07, 6.45) is 2.75. The standard InChI is InChI=1S/C16H23BrN2/c1-11-7-14(17)8-12(2)16(11)19-10-15-5-4-6-18(15)9-13(19)3/h7-8,13,15H,4-6,9-10H2,1-3H3. The number of hydrogen-bond donors (Lipinski definition) is 0. The van der Waals surface area contributed by atoms with Gasteiger partial charge in [-0.1, -0.05) is 15.9 Å². The van der Waals surface area contributed by atoms with E-state index in [2.05, 4.69) is 58.6 Å². The van der Waals surface area contributed by atoms with E-state index in [1.165, 1.54) is 53.8 Å². The summed E-state index contributed by atoms with van der Waals surface area (Å²) in [6, 6.07) is 5.89. The Kier molecular flexibility index (Phi) is 3.61. The molecule has 0 aliphatic carbocycles. The van der Waals surface area contributed by atoms with E-state index < -0.39 is 0 Å². The summed E-state index contributed by atoms with van der Waals surface area (Å²) in [5.41, 5.74) is 4.25. The van der Waals surface area contributed by atoms with Crippen LogP contribution in [0.2, 0.25) is 0 Å². The highest BCUT2D eigenvalue weighted by Crippen LogP contribution is 2.34. The van der Waals surface area contributed by atoms with Gasteiger partial charge in [0.25, 0.3) is 0 Å². The molecule has 2 saturated heterocycles. The third kappa shape index (κ3) is 2.43. The van der Waals surface area contributed by atoms with Crippen LogP contribution < -0.4 is 4.90 Å². The molecule has 2 aliphatic rings. The number of aryl methyl sites for hydroxylation is 2. The van der Waals surface area contributed by atoms with Gasteiger partial charge < -0.3 is 4.90 Å². The van der Waals surface area contributed by atoms with Crippen LogP contribution in [-0.2, 0) is 0 Å². The van der Waals surface area contributed by atoms with Crippen molar-refractivity contribution in [1.82, 2.24) is 4.90 Å². The lowest BCUT2D eigenvalue weighted by molar-refractivity contribution is 0.202. The van der Waals surface area contributed by atoms with Gasteiger partial charge in [-0.3, -0.25) is 4.90 Å². The van der Waals surface area contributed by atoms with E-state index in [9.17, 15) is 0 Å². The Morgan fingerprint density at radius 2 is 1.84 bits per heavy atom. The molecule has 0 amide bonds. The normalized spacial score (nSPS) is 27.7. The second-order valence-corrected chi connectivity index (χ2v) is 7.10. The molecule has 2 nitrogen and oxygen atoms in total. The fourth-order valence-electron chi connectivity index (χ4n) is 3.85. The lowest BCUT2D eigenvalue weighted by atomic mass is 10.0. The van der Waals surface area contributed by atoms with Crippen molar-refractivity contribution in [2.45, 2.75) is 45.7 Å². The van der Waals surface area contributed by atoms with Gasteiger partial charge >= 0.3 is 0 Å². The Bertz CT molecular complexity index is 463. The Balaban J connectivity index is 1.93. The molecule has 0 spiro atoms. The maximum atomic E-state index is 3.60. The molecule has 1 aromatic carbocycles. The summed E-state index contributed by atoms with van der Waals surface area (Å²) in [4.78, 5) is 5.33. The van der Waals surface area contributed by atoms with Gasteiger partial charge in [-0.25, -0.2) is 0 Å². The van der Waals surface area contributed by atoms with Crippen LogP contribution >= 0.6 is 15.9 Å². The highest BCUT2D eigenvalue weighted by Gasteiger charge is 2.35. The number of rotatable bonds is 1. The lowest BCUT2D eigenvalue weighted by Crippen LogP contribution is -2.55. The van der Waals surface area contributed by atoms with Gasteiger partial charge in [0.15, 0.2) is 0 Å². The molecule has 0 radical (unpaired) electrons. The average Bonchev–Trinajstić information content (AvgIpc) is 2.74. The van der Waals surface area contributed by atoms with Gasteiger partial charge in [-0.15, -0.1) is 0 Å². The zero-order valence-electron chi connectivity index (χ0n) is 12.1. The van der Waals surface area contributed by atoms with Gasteiger partial charge in [0.2, 0.25) is 0 Å². The van der Waals surface area contributed by atoms with Crippen LogP contribution in [0, 0.1) is 13.8 Å². The van der Waals surface area contributed by atoms with Crippen LogP contribution in [-0.4, -0.2) is 36.6 Å². The zero-order chi connectivity index (χ0) is 13.6. The highest BCUT2D eigenvalue weighted by atomic mass is 79.9. The van der Waals surface area contributed by atoms with Crippen LogP contribution in [0.5, 0.6) is 0 Å². The van der Waals surface area contributed by atoms with E-state index in [0.29, 0.717) is 6.04 Å². The average molecular weight is 323 g/mol. The summed E-state index contributed by atoms with van der Waals surface area (Å²) in [6.45, 7) is 10.6. The molecule has 2 heterocycles. The third-order valence-corrected chi connectivity index (χ3v) is 5.14. The van der Waals surface area contributed by atoms with E-state index in [-0.39, 0.29) is 0 Å². The van der Waals surface area contributed by atoms with Crippen molar-refractivity contribution in [3.05, 3.63) is 27.7 Å². The summed E-state index contributed by atoms with van der Waals surface area (Å²) < 4.78 is 1.19. The first-order valence-corrected chi connectivity index (χ1v) is 8.13. The number of anilines is 1. The fourth-order valence-corrected chi connectivity index (χ4v) is 4.54. The Labute approximate surface area is 124 Å². The maximum absolute atomic E-state index is 3.60. The molecule has 0 bridgehead atoms. The van der Waals surface area contributed by atoms with Crippen LogP contribution in [0.25, 0.3) is 0 Å². The molecule has 3 rings (SSSR count). The molecule has 2 fully saturated rings. The van der Waals surface area contributed by atoms with Gasteiger partial charge in [-0.05, 0) is 63.4 Å². The predicted molar refractivity (Wildman–Crippen MR) is 85.0 cm³/mol. The van der Waals surface area contributed by atoms with E-state index in [4.69, 9.17) is 0 Å². The smallest absolute Gasteiger partial charge is 0.0429 e. The molecule has 0 N–H and O–H groups in total. The minimum Gasteiger partial charge on any atom is -0.366 e. The fraction of sp³-hybridized carbons (Fsp3) is 0.625. The number of halogens is 1. The van der Waals surface area contributed by atoms with Gasteiger partial charge in [0.05, 0.1) is 0 Å². The molecule has 2 unspecified atom stereocenters. The first kappa shape index (κ1) is 13.4. The molecule has 3 heteroatoms. The SMILES string of the molecule is Cc1cc(Br)cc(C)c1N1CC2CCCN2CC1C. The number of fused-ring (bicyclic) bond motifs is 1. The Morgan fingerprint density at radius 1 is 1.16 bits per heavy atom. The van der Waals surface area contributed by atoms with Crippen molar-refractivity contribution in [2.24, 2.45) is 0 Å². The van der Waals surface area contributed by atoms with Crippen LogP contribution in [0.3, 0.4) is 0 Å². The predicted octanol–water partition coefficient (Wildman–Crippen LogP) is 3.74. The summed E-state index contributed by atoms with van der Waals surface area (Å²) in [5.74, 6) is 0. The van der Waals surface area contributed by atoms with Crippen LogP contribution in [0.4, 0.5) is 5.69 Å². The van der Waals surface area contributed by atoms with Crippen molar-refractivity contribution < 1.29 is 0 Å². The topological polar surface area (TPSA) is 6.48 Å². The van der Waals surface area contributed by atoms with Crippen LogP contribution in [0.1, 0.15) is 30.9 Å². The van der Waals surface area contributed by atoms with E-state index in [0.717, 1.165) is 6.04 Å². The van der Waals surface area contributed by atoms with E-state index in [1.807, 2.05) is 0 Å². The van der Waals surface area contributed by atoms with E-state index in [1.54, 1.807) is 0 Å². The Hall–Kier alpha value is -0.540. The lowest BCUT2D eigenvalue weighted by Gasteiger charge is -2.44. The Morgan fingerprint density at radius 3 is 2.53 bits per heavy atom. The van der Waals surface area contributed by atoms with Crippen molar-refractivity contribution in [3.63, 3.8) is 0 Å². The first-order chi connectivity index (χ1) is 9.06. The van der Waals surface area contributed by atoms with Crippen molar-refractivity contribution >= 4 is 21.6 Å². The second kappa shape index (κ2) is 5.10.